The van der Waals surface area contributed by atoms with Crippen LogP contribution in [0.25, 0.3) is 0 Å². The Labute approximate surface area is 99.2 Å². The number of piperazine rings is 1. The van der Waals surface area contributed by atoms with Gasteiger partial charge < -0.3 is 14.9 Å². The highest BCUT2D eigenvalue weighted by molar-refractivity contribution is 5.85. The fourth-order valence-corrected chi connectivity index (χ4v) is 2.18. The topological polar surface area (TPSA) is 60.9 Å². The molecule has 2 amide bonds. The largest absolute Gasteiger partial charge is 0.465 e. The predicted molar refractivity (Wildman–Crippen MR) is 58.4 cm³/mol. The van der Waals surface area contributed by atoms with E-state index in [2.05, 4.69) is 0 Å². The highest BCUT2D eigenvalue weighted by Crippen LogP contribution is 2.47. The normalized spacial score (nSPS) is 26.8. The number of rotatable bonds is 2. The lowest BCUT2D eigenvalue weighted by atomic mass is 10.1. The molecule has 2 fully saturated rings. The molecule has 1 heterocycles. The van der Waals surface area contributed by atoms with E-state index in [-0.39, 0.29) is 24.4 Å². The van der Waals surface area contributed by atoms with Crippen molar-refractivity contribution in [3.63, 3.8) is 0 Å². The van der Waals surface area contributed by atoms with E-state index in [1.807, 2.05) is 6.92 Å². The van der Waals surface area contributed by atoms with Crippen LogP contribution in [0.1, 0.15) is 19.8 Å². The molecular weight excluding hydrogens is 227 g/mol. The molecule has 96 valence electrons. The Morgan fingerprint density at radius 1 is 1.41 bits per heavy atom. The number of hydrogen-bond acceptors (Lipinski definition) is 2. The average molecular weight is 244 g/mol. The summed E-state index contributed by atoms with van der Waals surface area (Å²) in [6.07, 6.45) is 0.654. The Balaban J connectivity index is 2.04. The van der Waals surface area contributed by atoms with Crippen LogP contribution in [0.3, 0.4) is 0 Å². The lowest BCUT2D eigenvalue weighted by Crippen LogP contribution is -2.58. The summed E-state index contributed by atoms with van der Waals surface area (Å²) in [5.41, 5.74) is -0.321. The molecule has 1 saturated heterocycles. The van der Waals surface area contributed by atoms with Crippen LogP contribution < -0.4 is 0 Å². The number of carbonyl (C=O) groups excluding carboxylic acids is 1. The molecule has 2 rings (SSSR count). The summed E-state index contributed by atoms with van der Waals surface area (Å²) in [5.74, 6) is -0.0230. The Bertz CT molecular complexity index is 344. The summed E-state index contributed by atoms with van der Waals surface area (Å²) < 4.78 is 12.9. The van der Waals surface area contributed by atoms with Gasteiger partial charge in [-0.2, -0.15) is 0 Å². The van der Waals surface area contributed by atoms with Crippen molar-refractivity contribution in [1.29, 1.82) is 0 Å². The fraction of sp³-hybridized carbons (Fsp3) is 0.818. The van der Waals surface area contributed by atoms with E-state index >= 15 is 0 Å². The van der Waals surface area contributed by atoms with Crippen molar-refractivity contribution in [1.82, 2.24) is 9.80 Å². The van der Waals surface area contributed by atoms with Crippen LogP contribution in [-0.4, -0.2) is 59.3 Å². The van der Waals surface area contributed by atoms with E-state index in [1.54, 1.807) is 0 Å². The number of alkyl halides is 1. The first-order valence-electron chi connectivity index (χ1n) is 5.83. The van der Waals surface area contributed by atoms with Crippen LogP contribution in [0.5, 0.6) is 0 Å². The minimum Gasteiger partial charge on any atom is -0.465 e. The molecule has 17 heavy (non-hydrogen) atoms. The number of hydrogen-bond donors (Lipinski definition) is 1. The lowest BCUT2D eigenvalue weighted by Gasteiger charge is -2.40. The van der Waals surface area contributed by atoms with Gasteiger partial charge in [0.25, 0.3) is 0 Å². The van der Waals surface area contributed by atoms with Crippen molar-refractivity contribution in [3.8, 4) is 0 Å². The van der Waals surface area contributed by atoms with E-state index in [9.17, 15) is 14.0 Å². The summed E-state index contributed by atoms with van der Waals surface area (Å²) in [6, 6.07) is -0.621. The van der Waals surface area contributed by atoms with Crippen molar-refractivity contribution in [3.05, 3.63) is 0 Å². The number of halogens is 1. The minimum absolute atomic E-state index is 0.0230. The van der Waals surface area contributed by atoms with Gasteiger partial charge in [-0.1, -0.05) is 6.92 Å². The monoisotopic (exact) mass is 244 g/mol. The number of amides is 2. The molecule has 0 aromatic carbocycles. The van der Waals surface area contributed by atoms with Crippen molar-refractivity contribution < 1.29 is 19.1 Å². The molecular formula is C11H17FN2O3. The number of carbonyl (C=O) groups is 2. The Morgan fingerprint density at radius 3 is 2.53 bits per heavy atom. The molecule has 1 atom stereocenters. The quantitative estimate of drug-likeness (QED) is 0.786. The van der Waals surface area contributed by atoms with Crippen molar-refractivity contribution in [2.75, 3.05) is 26.3 Å². The third-order valence-corrected chi connectivity index (χ3v) is 3.71. The molecule has 6 heteroatoms. The molecule has 0 aromatic rings. The fourth-order valence-electron chi connectivity index (χ4n) is 2.18. The molecule has 1 saturated carbocycles. The van der Waals surface area contributed by atoms with E-state index in [0.717, 1.165) is 12.8 Å². The molecule has 0 radical (unpaired) electrons. The zero-order chi connectivity index (χ0) is 12.6. The second-order valence-corrected chi connectivity index (χ2v) is 5.10. The lowest BCUT2D eigenvalue weighted by molar-refractivity contribution is -0.141. The van der Waals surface area contributed by atoms with Crippen molar-refractivity contribution >= 4 is 12.0 Å². The van der Waals surface area contributed by atoms with Gasteiger partial charge in [-0.15, -0.1) is 0 Å². The van der Waals surface area contributed by atoms with Gasteiger partial charge in [-0.25, -0.2) is 9.18 Å². The van der Waals surface area contributed by atoms with Gasteiger partial charge in [0.2, 0.25) is 5.91 Å². The second kappa shape index (κ2) is 4.16. The van der Waals surface area contributed by atoms with Gasteiger partial charge in [0, 0.05) is 25.0 Å². The maximum atomic E-state index is 12.9. The summed E-state index contributed by atoms with van der Waals surface area (Å²) in [6.45, 7) is 1.84. The van der Waals surface area contributed by atoms with E-state index < -0.39 is 18.8 Å². The van der Waals surface area contributed by atoms with Gasteiger partial charge in [-0.3, -0.25) is 4.79 Å². The first-order chi connectivity index (χ1) is 7.98. The molecule has 5 nitrogen and oxygen atoms in total. The molecule has 1 N–H and O–H groups in total. The maximum Gasteiger partial charge on any atom is 0.407 e. The summed E-state index contributed by atoms with van der Waals surface area (Å²) in [5, 5.41) is 8.85. The number of carboxylic acid groups (broad SMARTS) is 1. The Morgan fingerprint density at radius 2 is 2.06 bits per heavy atom. The zero-order valence-electron chi connectivity index (χ0n) is 9.86. The van der Waals surface area contributed by atoms with Gasteiger partial charge in [0.1, 0.15) is 6.67 Å². The highest BCUT2D eigenvalue weighted by atomic mass is 19.1. The molecule has 1 unspecified atom stereocenters. The average Bonchev–Trinajstić information content (AvgIpc) is 3.06. The van der Waals surface area contributed by atoms with Crippen molar-refractivity contribution in [2.24, 2.45) is 5.41 Å². The first-order valence-corrected chi connectivity index (χ1v) is 5.83. The van der Waals surface area contributed by atoms with Crippen LogP contribution in [-0.2, 0) is 4.79 Å². The van der Waals surface area contributed by atoms with Crippen LogP contribution in [0.15, 0.2) is 0 Å². The van der Waals surface area contributed by atoms with Gasteiger partial charge in [-0.05, 0) is 12.8 Å². The van der Waals surface area contributed by atoms with Crippen LogP contribution in [0, 0.1) is 5.41 Å². The molecule has 0 aromatic heterocycles. The second-order valence-electron chi connectivity index (χ2n) is 5.10. The van der Waals surface area contributed by atoms with E-state index in [1.165, 1.54) is 9.80 Å². The van der Waals surface area contributed by atoms with E-state index in [0.29, 0.717) is 6.54 Å². The van der Waals surface area contributed by atoms with Crippen LogP contribution in [0.2, 0.25) is 0 Å². The molecule has 2 aliphatic rings. The summed E-state index contributed by atoms with van der Waals surface area (Å²) >= 11 is 0. The third-order valence-electron chi connectivity index (χ3n) is 3.71. The maximum absolute atomic E-state index is 12.9. The smallest absolute Gasteiger partial charge is 0.407 e. The molecule has 1 aliphatic carbocycles. The third kappa shape index (κ3) is 2.21. The zero-order valence-corrected chi connectivity index (χ0v) is 9.86. The van der Waals surface area contributed by atoms with Gasteiger partial charge >= 0.3 is 6.09 Å². The first kappa shape index (κ1) is 12.1. The minimum atomic E-state index is -1.05. The molecule has 1 aliphatic heterocycles. The Hall–Kier alpha value is -1.33. The van der Waals surface area contributed by atoms with Gasteiger partial charge in [0.15, 0.2) is 0 Å². The predicted octanol–water partition coefficient (Wildman–Crippen LogP) is 0.947. The van der Waals surface area contributed by atoms with Crippen molar-refractivity contribution in [2.45, 2.75) is 25.8 Å². The van der Waals surface area contributed by atoms with Crippen LogP contribution >= 0.6 is 0 Å². The SMILES string of the molecule is CC1(C(=O)N2CCN(C(=O)O)CC2CF)CC1. The van der Waals surface area contributed by atoms with Gasteiger partial charge in [0.05, 0.1) is 6.04 Å². The van der Waals surface area contributed by atoms with Crippen LogP contribution in [0.4, 0.5) is 9.18 Å². The standard InChI is InChI=1S/C11H17FN2O3/c1-11(2-3-11)9(15)14-5-4-13(10(16)17)7-8(14)6-12/h8H,2-7H2,1H3,(H,16,17). The molecule has 0 spiro atoms. The summed E-state index contributed by atoms with van der Waals surface area (Å²) in [7, 11) is 0. The molecule has 0 bridgehead atoms. The Kier molecular flexibility index (Phi) is 2.97. The van der Waals surface area contributed by atoms with E-state index in [4.69, 9.17) is 5.11 Å². The highest BCUT2D eigenvalue weighted by Gasteiger charge is 2.49. The number of nitrogens with zero attached hydrogens (tertiary/aromatic N) is 2. The summed E-state index contributed by atoms with van der Waals surface area (Å²) in [4.78, 5) is 25.6.